The Morgan fingerprint density at radius 3 is 2.79 bits per heavy atom. The predicted octanol–water partition coefficient (Wildman–Crippen LogP) is 2.20. The first kappa shape index (κ1) is 15.6. The van der Waals surface area contributed by atoms with Crippen molar-refractivity contribution in [3.05, 3.63) is 29.6 Å². The fraction of sp³-hybridized carbons (Fsp3) is 0.571. The van der Waals surface area contributed by atoms with Crippen LogP contribution in [0, 0.1) is 0 Å². The topological polar surface area (TPSA) is 57.7 Å². The van der Waals surface area contributed by atoms with Crippen molar-refractivity contribution in [1.82, 2.24) is 4.98 Å². The quantitative estimate of drug-likeness (QED) is 0.507. The van der Waals surface area contributed by atoms with Crippen LogP contribution in [0.1, 0.15) is 35.8 Å². The van der Waals surface area contributed by atoms with Gasteiger partial charge in [0, 0.05) is 12.8 Å². The van der Waals surface area contributed by atoms with Gasteiger partial charge in [-0.25, -0.2) is 4.79 Å². The Morgan fingerprint density at radius 2 is 2.05 bits per heavy atom. The fourth-order valence-electron chi connectivity index (χ4n) is 1.48. The summed E-state index contributed by atoms with van der Waals surface area (Å²) >= 11 is 0. The van der Waals surface area contributed by atoms with E-state index >= 15 is 0 Å². The molecule has 0 atom stereocenters. The Kier molecular flexibility index (Phi) is 7.77. The van der Waals surface area contributed by atoms with Crippen LogP contribution in [0.25, 0.3) is 0 Å². The molecule has 0 aliphatic heterocycles. The highest BCUT2D eigenvalue weighted by atomic mass is 16.5. The van der Waals surface area contributed by atoms with Gasteiger partial charge in [0.15, 0.2) is 0 Å². The lowest BCUT2D eigenvalue weighted by molar-refractivity contribution is 0.0375. The number of carbonyl (C=O) groups excluding carboxylic acids is 1. The molecular weight excluding hydrogens is 246 g/mol. The second-order valence-electron chi connectivity index (χ2n) is 4.01. The number of ether oxygens (including phenoxy) is 3. The highest BCUT2D eigenvalue weighted by molar-refractivity contribution is 5.90. The van der Waals surface area contributed by atoms with Gasteiger partial charge in [-0.1, -0.05) is 13.3 Å². The highest BCUT2D eigenvalue weighted by Gasteiger charge is 2.11. The number of carbonyl (C=O) groups is 1. The van der Waals surface area contributed by atoms with Crippen molar-refractivity contribution in [1.29, 1.82) is 0 Å². The van der Waals surface area contributed by atoms with Crippen LogP contribution in [-0.2, 0) is 20.8 Å². The molecule has 0 aromatic carbocycles. The molecule has 5 heteroatoms. The Labute approximate surface area is 113 Å². The van der Waals surface area contributed by atoms with Gasteiger partial charge in [-0.05, 0) is 18.6 Å². The van der Waals surface area contributed by atoms with Gasteiger partial charge in [-0.2, -0.15) is 0 Å². The highest BCUT2D eigenvalue weighted by Crippen LogP contribution is 2.08. The van der Waals surface area contributed by atoms with Crippen LogP contribution in [0.4, 0.5) is 0 Å². The predicted molar refractivity (Wildman–Crippen MR) is 71.0 cm³/mol. The number of nitrogens with zero attached hydrogens (tertiary/aromatic N) is 1. The zero-order chi connectivity index (χ0) is 13.9. The zero-order valence-electron chi connectivity index (χ0n) is 11.6. The van der Waals surface area contributed by atoms with Gasteiger partial charge in [0.1, 0.15) is 0 Å². The minimum Gasteiger partial charge on any atom is -0.465 e. The van der Waals surface area contributed by atoms with Crippen LogP contribution in [0.3, 0.4) is 0 Å². The Bertz CT molecular complexity index is 381. The molecule has 106 valence electrons. The Hall–Kier alpha value is -1.46. The second-order valence-corrected chi connectivity index (χ2v) is 4.01. The van der Waals surface area contributed by atoms with Crippen LogP contribution >= 0.6 is 0 Å². The molecule has 0 bridgehead atoms. The largest absolute Gasteiger partial charge is 0.465 e. The summed E-state index contributed by atoms with van der Waals surface area (Å²) < 4.78 is 15.5. The van der Waals surface area contributed by atoms with Crippen molar-refractivity contribution in [3.63, 3.8) is 0 Å². The fourth-order valence-corrected chi connectivity index (χ4v) is 1.48. The first-order chi connectivity index (χ1) is 9.29. The molecule has 0 fully saturated rings. The average molecular weight is 267 g/mol. The van der Waals surface area contributed by atoms with Crippen molar-refractivity contribution < 1.29 is 19.0 Å². The minimum absolute atomic E-state index is 0.280. The third-order valence-corrected chi connectivity index (χ3v) is 2.55. The van der Waals surface area contributed by atoms with E-state index in [0.29, 0.717) is 24.5 Å². The van der Waals surface area contributed by atoms with E-state index in [1.54, 1.807) is 18.3 Å². The van der Waals surface area contributed by atoms with Crippen molar-refractivity contribution in [2.75, 3.05) is 26.9 Å². The summed E-state index contributed by atoms with van der Waals surface area (Å²) in [6.07, 6.45) is 3.81. The smallest absolute Gasteiger partial charge is 0.339 e. The maximum Gasteiger partial charge on any atom is 0.339 e. The second kappa shape index (κ2) is 9.47. The third kappa shape index (κ3) is 5.81. The summed E-state index contributed by atoms with van der Waals surface area (Å²) in [4.78, 5) is 15.6. The van der Waals surface area contributed by atoms with Gasteiger partial charge in [-0.3, -0.25) is 4.98 Å². The van der Waals surface area contributed by atoms with Crippen molar-refractivity contribution in [2.45, 2.75) is 26.4 Å². The van der Waals surface area contributed by atoms with E-state index in [2.05, 4.69) is 16.6 Å². The molecule has 0 saturated carbocycles. The molecule has 0 N–H and O–H groups in total. The van der Waals surface area contributed by atoms with E-state index in [-0.39, 0.29) is 6.61 Å². The van der Waals surface area contributed by atoms with Gasteiger partial charge in [0.25, 0.3) is 0 Å². The van der Waals surface area contributed by atoms with Crippen LogP contribution < -0.4 is 0 Å². The number of hydrogen-bond acceptors (Lipinski definition) is 5. The lowest BCUT2D eigenvalue weighted by Crippen LogP contribution is -2.10. The molecule has 1 aromatic heterocycles. The van der Waals surface area contributed by atoms with Gasteiger partial charge >= 0.3 is 5.97 Å². The van der Waals surface area contributed by atoms with E-state index in [1.165, 1.54) is 7.11 Å². The summed E-state index contributed by atoms with van der Waals surface area (Å²) in [5, 5.41) is 0. The molecule has 0 aliphatic carbocycles. The Balaban J connectivity index is 2.31. The number of pyridine rings is 1. The van der Waals surface area contributed by atoms with Crippen LogP contribution in [0.15, 0.2) is 18.3 Å². The molecule has 19 heavy (non-hydrogen) atoms. The molecule has 0 saturated heterocycles. The normalized spacial score (nSPS) is 10.4. The van der Waals surface area contributed by atoms with Crippen LogP contribution in [0.2, 0.25) is 0 Å². The number of esters is 1. The molecule has 0 radical (unpaired) electrons. The van der Waals surface area contributed by atoms with Gasteiger partial charge in [0.05, 0.1) is 38.2 Å². The van der Waals surface area contributed by atoms with Gasteiger partial charge < -0.3 is 14.2 Å². The molecule has 1 heterocycles. The van der Waals surface area contributed by atoms with Gasteiger partial charge in [-0.15, -0.1) is 0 Å². The van der Waals surface area contributed by atoms with Crippen molar-refractivity contribution >= 4 is 5.97 Å². The SMILES string of the molecule is CCCCOCCOCc1ncccc1C(=O)OC. The number of unbranched alkanes of at least 4 members (excludes halogenated alkanes) is 1. The van der Waals surface area contributed by atoms with E-state index in [1.807, 2.05) is 0 Å². The number of hydrogen-bond donors (Lipinski definition) is 0. The number of rotatable bonds is 9. The molecule has 1 aromatic rings. The van der Waals surface area contributed by atoms with E-state index < -0.39 is 5.97 Å². The van der Waals surface area contributed by atoms with Crippen LogP contribution in [-0.4, -0.2) is 37.9 Å². The summed E-state index contributed by atoms with van der Waals surface area (Å²) in [6, 6.07) is 3.37. The van der Waals surface area contributed by atoms with Crippen molar-refractivity contribution in [2.24, 2.45) is 0 Å². The van der Waals surface area contributed by atoms with E-state index in [0.717, 1.165) is 19.4 Å². The standard InChI is InChI=1S/C14H21NO4/c1-3-4-8-18-9-10-19-11-13-12(14(16)17-2)6-5-7-15-13/h5-7H,3-4,8-11H2,1-2H3. The monoisotopic (exact) mass is 267 g/mol. The van der Waals surface area contributed by atoms with Crippen molar-refractivity contribution in [3.8, 4) is 0 Å². The molecule has 5 nitrogen and oxygen atoms in total. The summed E-state index contributed by atoms with van der Waals surface area (Å²) in [5.74, 6) is -0.397. The summed E-state index contributed by atoms with van der Waals surface area (Å²) in [6.45, 7) is 4.20. The van der Waals surface area contributed by atoms with Gasteiger partial charge in [0.2, 0.25) is 0 Å². The maximum atomic E-state index is 11.5. The average Bonchev–Trinajstić information content (AvgIpc) is 2.46. The molecule has 0 unspecified atom stereocenters. The van der Waals surface area contributed by atoms with Crippen LogP contribution in [0.5, 0.6) is 0 Å². The lowest BCUT2D eigenvalue weighted by Gasteiger charge is -2.08. The first-order valence-corrected chi connectivity index (χ1v) is 6.47. The van der Waals surface area contributed by atoms with E-state index in [9.17, 15) is 4.79 Å². The maximum absolute atomic E-state index is 11.5. The summed E-state index contributed by atoms with van der Waals surface area (Å²) in [7, 11) is 1.35. The number of aromatic nitrogens is 1. The third-order valence-electron chi connectivity index (χ3n) is 2.55. The molecular formula is C14H21NO4. The molecule has 0 amide bonds. The molecule has 0 spiro atoms. The lowest BCUT2D eigenvalue weighted by atomic mass is 10.2. The Morgan fingerprint density at radius 1 is 1.26 bits per heavy atom. The summed E-state index contributed by atoms with van der Waals surface area (Å²) in [5.41, 5.74) is 1.03. The molecule has 1 rings (SSSR count). The minimum atomic E-state index is -0.397. The molecule has 0 aliphatic rings. The first-order valence-electron chi connectivity index (χ1n) is 6.47. The number of methoxy groups -OCH3 is 1. The van der Waals surface area contributed by atoms with E-state index in [4.69, 9.17) is 9.47 Å². The zero-order valence-corrected chi connectivity index (χ0v) is 11.6.